The van der Waals surface area contributed by atoms with Gasteiger partial charge in [0.15, 0.2) is 17.3 Å². The Morgan fingerprint density at radius 2 is 2.04 bits per heavy atom. The Morgan fingerprint density at radius 3 is 2.72 bits per heavy atom. The van der Waals surface area contributed by atoms with Crippen LogP contribution in [0.25, 0.3) is 22.4 Å². The monoisotopic (exact) mass is 355 g/mol. The summed E-state index contributed by atoms with van der Waals surface area (Å²) in [5, 5.41) is 4.32. The smallest absolute Gasteiger partial charge is 0.291 e. The summed E-state index contributed by atoms with van der Waals surface area (Å²) in [4.78, 5) is 17.4. The molecule has 4 aromatic rings. The molecule has 8 heteroatoms. The third kappa shape index (κ3) is 2.66. The Bertz CT molecular complexity index is 1140. The molecule has 0 N–H and O–H groups in total. The van der Waals surface area contributed by atoms with Crippen molar-refractivity contribution in [2.24, 2.45) is 0 Å². The average molecular weight is 355 g/mol. The van der Waals surface area contributed by atoms with Crippen molar-refractivity contribution < 1.29 is 13.9 Å². The molecule has 0 saturated carbocycles. The van der Waals surface area contributed by atoms with Crippen LogP contribution in [-0.4, -0.2) is 28.8 Å². The van der Waals surface area contributed by atoms with Crippen LogP contribution in [0.15, 0.2) is 45.8 Å². The number of hydrogen-bond donors (Lipinski definition) is 0. The van der Waals surface area contributed by atoms with Crippen LogP contribution >= 0.6 is 11.3 Å². The number of fused-ring (bicyclic) bond motifs is 1. The van der Waals surface area contributed by atoms with Gasteiger partial charge < -0.3 is 13.9 Å². The van der Waals surface area contributed by atoms with Gasteiger partial charge >= 0.3 is 0 Å². The third-order valence-corrected chi connectivity index (χ3v) is 4.60. The molecule has 0 radical (unpaired) electrons. The lowest BCUT2D eigenvalue weighted by Crippen LogP contribution is -2.23. The zero-order chi connectivity index (χ0) is 17.4. The summed E-state index contributed by atoms with van der Waals surface area (Å²) < 4.78 is 17.6. The second-order valence-corrected chi connectivity index (χ2v) is 6.14. The van der Waals surface area contributed by atoms with E-state index in [2.05, 4.69) is 10.1 Å². The lowest BCUT2D eigenvalue weighted by Gasteiger charge is -2.07. The minimum Gasteiger partial charge on any atom is -0.493 e. The van der Waals surface area contributed by atoms with E-state index in [9.17, 15) is 4.79 Å². The summed E-state index contributed by atoms with van der Waals surface area (Å²) in [7, 11) is 3.14. The van der Waals surface area contributed by atoms with Gasteiger partial charge in [0.25, 0.3) is 5.56 Å². The lowest BCUT2D eigenvalue weighted by atomic mass is 10.2. The van der Waals surface area contributed by atoms with Gasteiger partial charge in [-0.1, -0.05) is 11.3 Å². The van der Waals surface area contributed by atoms with Gasteiger partial charge in [0, 0.05) is 11.6 Å². The average Bonchev–Trinajstić information content (AvgIpc) is 3.34. The van der Waals surface area contributed by atoms with Gasteiger partial charge in [-0.2, -0.15) is 9.50 Å². The van der Waals surface area contributed by atoms with E-state index in [1.807, 2.05) is 6.07 Å². The van der Waals surface area contributed by atoms with Crippen LogP contribution in [0.3, 0.4) is 0 Å². The number of ether oxygens (including phenoxy) is 2. The van der Waals surface area contributed by atoms with E-state index >= 15 is 0 Å². The number of aromatic nitrogens is 3. The molecule has 0 aliphatic heterocycles. The van der Waals surface area contributed by atoms with Gasteiger partial charge in [-0.3, -0.25) is 4.79 Å². The second kappa shape index (κ2) is 6.06. The Balaban J connectivity index is 1.80. The molecule has 0 unspecified atom stereocenters. The first-order valence-electron chi connectivity index (χ1n) is 7.37. The highest BCUT2D eigenvalue weighted by Crippen LogP contribution is 2.31. The van der Waals surface area contributed by atoms with Gasteiger partial charge in [0.1, 0.15) is 10.3 Å². The fourth-order valence-corrected chi connectivity index (χ4v) is 3.32. The molecular weight excluding hydrogens is 342 g/mol. The molecule has 3 heterocycles. The zero-order valence-electron chi connectivity index (χ0n) is 13.4. The molecule has 0 atom stereocenters. The number of furan rings is 1. The maximum Gasteiger partial charge on any atom is 0.291 e. The number of nitrogens with zero attached hydrogens (tertiary/aromatic N) is 3. The van der Waals surface area contributed by atoms with Crippen molar-refractivity contribution in [3.63, 3.8) is 0 Å². The van der Waals surface area contributed by atoms with Crippen molar-refractivity contribution in [3.05, 3.63) is 57.2 Å². The molecule has 3 aromatic heterocycles. The molecule has 0 amide bonds. The van der Waals surface area contributed by atoms with Gasteiger partial charge in [-0.25, -0.2) is 0 Å². The summed E-state index contributed by atoms with van der Waals surface area (Å²) in [6.07, 6.45) is 3.24. The quantitative estimate of drug-likeness (QED) is 0.557. The molecule has 0 bridgehead atoms. The standard InChI is InChI=1S/C17H13N3O4S/c1-22-12-6-5-10(8-13(12)23-2)15-18-17-20(19-15)16(21)14(25-17)9-11-4-3-7-24-11/h3-9H,1-2H3/b14-9+. The topological polar surface area (TPSA) is 78.9 Å². The Morgan fingerprint density at radius 1 is 1.20 bits per heavy atom. The summed E-state index contributed by atoms with van der Waals surface area (Å²) in [5.41, 5.74) is 0.514. The predicted molar refractivity (Wildman–Crippen MR) is 93.2 cm³/mol. The maximum absolute atomic E-state index is 12.5. The number of thiazole rings is 1. The molecule has 4 rings (SSSR count). The van der Waals surface area contributed by atoms with Crippen LogP contribution in [0.4, 0.5) is 0 Å². The first kappa shape index (κ1) is 15.4. The maximum atomic E-state index is 12.5. The highest BCUT2D eigenvalue weighted by atomic mass is 32.1. The SMILES string of the molecule is COc1ccc(-c2nc3s/c(=C/c4ccco4)c(=O)n3n2)cc1OC. The van der Waals surface area contributed by atoms with Crippen LogP contribution in [0.2, 0.25) is 0 Å². The van der Waals surface area contributed by atoms with E-state index in [1.54, 1.807) is 50.8 Å². The molecule has 0 fully saturated rings. The Kier molecular flexibility index (Phi) is 3.73. The van der Waals surface area contributed by atoms with E-state index in [0.29, 0.717) is 32.6 Å². The van der Waals surface area contributed by atoms with Crippen molar-refractivity contribution in [3.8, 4) is 22.9 Å². The molecule has 1 aromatic carbocycles. The van der Waals surface area contributed by atoms with Crippen molar-refractivity contribution >= 4 is 22.4 Å². The largest absolute Gasteiger partial charge is 0.493 e. The Labute approximate surface area is 145 Å². The second-order valence-electron chi connectivity index (χ2n) is 5.13. The van der Waals surface area contributed by atoms with Crippen LogP contribution in [0.5, 0.6) is 11.5 Å². The molecule has 0 spiro atoms. The zero-order valence-corrected chi connectivity index (χ0v) is 14.2. The molecule has 0 aliphatic carbocycles. The van der Waals surface area contributed by atoms with E-state index in [-0.39, 0.29) is 5.56 Å². The summed E-state index contributed by atoms with van der Waals surface area (Å²) >= 11 is 1.26. The molecule has 126 valence electrons. The van der Waals surface area contributed by atoms with E-state index in [1.165, 1.54) is 15.9 Å². The summed E-state index contributed by atoms with van der Waals surface area (Å²) in [5.74, 6) is 2.26. The normalized spacial score (nSPS) is 12.0. The molecule has 0 aliphatic rings. The first-order valence-corrected chi connectivity index (χ1v) is 8.18. The molecule has 7 nitrogen and oxygen atoms in total. The number of hydrogen-bond acceptors (Lipinski definition) is 7. The number of benzene rings is 1. The summed E-state index contributed by atoms with van der Waals surface area (Å²) in [6, 6.07) is 8.92. The van der Waals surface area contributed by atoms with Gasteiger partial charge in [0.2, 0.25) is 4.96 Å². The van der Waals surface area contributed by atoms with Crippen molar-refractivity contribution in [2.75, 3.05) is 14.2 Å². The van der Waals surface area contributed by atoms with E-state index in [0.717, 1.165) is 5.56 Å². The fourth-order valence-electron chi connectivity index (χ4n) is 2.43. The highest BCUT2D eigenvalue weighted by molar-refractivity contribution is 7.15. The van der Waals surface area contributed by atoms with Crippen LogP contribution in [0.1, 0.15) is 5.76 Å². The van der Waals surface area contributed by atoms with E-state index < -0.39 is 0 Å². The van der Waals surface area contributed by atoms with Gasteiger partial charge in [-0.05, 0) is 30.3 Å². The van der Waals surface area contributed by atoms with Crippen LogP contribution in [-0.2, 0) is 0 Å². The summed E-state index contributed by atoms with van der Waals surface area (Å²) in [6.45, 7) is 0. The fraction of sp³-hybridized carbons (Fsp3) is 0.118. The minimum absolute atomic E-state index is 0.226. The molecular formula is C17H13N3O4S. The predicted octanol–water partition coefficient (Wildman–Crippen LogP) is 1.98. The van der Waals surface area contributed by atoms with Crippen molar-refractivity contribution in [1.29, 1.82) is 0 Å². The number of rotatable bonds is 4. The van der Waals surface area contributed by atoms with Crippen molar-refractivity contribution in [2.45, 2.75) is 0 Å². The van der Waals surface area contributed by atoms with Gasteiger partial charge in [-0.15, -0.1) is 5.10 Å². The van der Waals surface area contributed by atoms with Crippen LogP contribution in [0, 0.1) is 0 Å². The van der Waals surface area contributed by atoms with Crippen molar-refractivity contribution in [1.82, 2.24) is 14.6 Å². The Hall–Kier alpha value is -3.13. The lowest BCUT2D eigenvalue weighted by molar-refractivity contribution is 0.355. The van der Waals surface area contributed by atoms with Gasteiger partial charge in [0.05, 0.1) is 20.5 Å². The molecule has 0 saturated heterocycles. The number of methoxy groups -OCH3 is 2. The molecule has 25 heavy (non-hydrogen) atoms. The third-order valence-electron chi connectivity index (χ3n) is 3.64. The minimum atomic E-state index is -0.226. The van der Waals surface area contributed by atoms with Crippen LogP contribution < -0.4 is 19.6 Å². The first-order chi connectivity index (χ1) is 12.2. The van der Waals surface area contributed by atoms with E-state index in [4.69, 9.17) is 13.9 Å². The highest BCUT2D eigenvalue weighted by Gasteiger charge is 2.14.